The molecule has 0 aromatic carbocycles. The smallest absolute Gasteiger partial charge is 0.244 e. The molecule has 0 aromatic rings. The highest BCUT2D eigenvalue weighted by molar-refractivity contribution is 14.0. The highest BCUT2D eigenvalue weighted by atomic mass is 127. The van der Waals surface area contributed by atoms with E-state index in [0.717, 1.165) is 58.1 Å². The van der Waals surface area contributed by atoms with Gasteiger partial charge in [-0.25, -0.2) is 4.99 Å². The minimum atomic E-state index is 0. The first-order chi connectivity index (χ1) is 10.7. The van der Waals surface area contributed by atoms with Gasteiger partial charge < -0.3 is 20.4 Å². The molecule has 1 aliphatic heterocycles. The Morgan fingerprint density at radius 2 is 1.87 bits per heavy atom. The molecule has 1 fully saturated rings. The molecule has 0 aliphatic carbocycles. The predicted octanol–water partition coefficient (Wildman–Crippen LogP) is 1.51. The van der Waals surface area contributed by atoms with Gasteiger partial charge in [0.25, 0.3) is 0 Å². The van der Waals surface area contributed by atoms with Crippen molar-refractivity contribution in [2.24, 2.45) is 4.99 Å². The zero-order valence-electron chi connectivity index (χ0n) is 14.9. The van der Waals surface area contributed by atoms with Crippen LogP contribution in [0.4, 0.5) is 0 Å². The van der Waals surface area contributed by atoms with Gasteiger partial charge in [-0.15, -0.1) is 24.0 Å². The molecule has 7 heteroatoms. The molecule has 1 rings (SSSR count). The van der Waals surface area contributed by atoms with E-state index < -0.39 is 0 Å². The fraction of sp³-hybridized carbons (Fsp3) is 0.875. The van der Waals surface area contributed by atoms with Gasteiger partial charge in [0.05, 0.1) is 0 Å². The van der Waals surface area contributed by atoms with E-state index in [0.29, 0.717) is 0 Å². The summed E-state index contributed by atoms with van der Waals surface area (Å²) < 4.78 is 0. The van der Waals surface area contributed by atoms with Gasteiger partial charge in [-0.05, 0) is 39.8 Å². The van der Waals surface area contributed by atoms with Crippen molar-refractivity contribution < 1.29 is 4.79 Å². The first kappa shape index (κ1) is 22.4. The molecule has 0 bridgehead atoms. The molecule has 0 unspecified atom stereocenters. The molecule has 1 saturated heterocycles. The zero-order valence-corrected chi connectivity index (χ0v) is 17.3. The van der Waals surface area contributed by atoms with Gasteiger partial charge in [-0.3, -0.25) is 4.79 Å². The SMILES string of the molecule is CCCCN(C)CCNC(=NCC(=O)N1CCCC1)NCC.I. The maximum atomic E-state index is 12.0. The third-order valence-electron chi connectivity index (χ3n) is 3.85. The number of likely N-dealkylation sites (N-methyl/N-ethyl adjacent to an activating group) is 1. The van der Waals surface area contributed by atoms with Crippen molar-refractivity contribution in [3.8, 4) is 0 Å². The maximum Gasteiger partial charge on any atom is 0.244 e. The van der Waals surface area contributed by atoms with E-state index in [-0.39, 0.29) is 36.4 Å². The van der Waals surface area contributed by atoms with Crippen LogP contribution in [0.5, 0.6) is 0 Å². The maximum absolute atomic E-state index is 12.0. The Hall–Kier alpha value is -0.570. The van der Waals surface area contributed by atoms with Crippen LogP contribution in [0.25, 0.3) is 0 Å². The van der Waals surface area contributed by atoms with Crippen LogP contribution in [0.1, 0.15) is 39.5 Å². The molecule has 0 saturated carbocycles. The van der Waals surface area contributed by atoms with E-state index in [2.05, 4.69) is 34.5 Å². The number of hydrogen-bond acceptors (Lipinski definition) is 3. The Balaban J connectivity index is 0.00000484. The Morgan fingerprint density at radius 3 is 2.48 bits per heavy atom. The lowest BCUT2D eigenvalue weighted by atomic mass is 10.3. The van der Waals surface area contributed by atoms with Crippen LogP contribution >= 0.6 is 24.0 Å². The number of aliphatic imine (C=N–C) groups is 1. The summed E-state index contributed by atoms with van der Waals surface area (Å²) in [6.07, 6.45) is 4.70. The topological polar surface area (TPSA) is 60.0 Å². The standard InChI is InChI=1S/C16H33N5O.HI/c1-4-6-10-20(3)13-9-18-16(17-5-2)19-14-15(22)21-11-7-8-12-21;/h4-14H2,1-3H3,(H2,17,18,19);1H. The van der Waals surface area contributed by atoms with Crippen molar-refractivity contribution >= 4 is 35.8 Å². The summed E-state index contributed by atoms with van der Waals surface area (Å²) in [6.45, 7) is 10.00. The lowest BCUT2D eigenvalue weighted by Gasteiger charge is -2.18. The average molecular weight is 439 g/mol. The molecular weight excluding hydrogens is 405 g/mol. The fourth-order valence-corrected chi connectivity index (χ4v) is 2.46. The van der Waals surface area contributed by atoms with Crippen molar-refractivity contribution in [2.45, 2.75) is 39.5 Å². The minimum Gasteiger partial charge on any atom is -0.357 e. The number of halogens is 1. The first-order valence-corrected chi connectivity index (χ1v) is 8.65. The first-order valence-electron chi connectivity index (χ1n) is 8.65. The molecule has 0 spiro atoms. The van der Waals surface area contributed by atoms with Crippen molar-refractivity contribution in [1.82, 2.24) is 20.4 Å². The van der Waals surface area contributed by atoms with Gasteiger partial charge in [-0.2, -0.15) is 0 Å². The van der Waals surface area contributed by atoms with Crippen LogP contribution in [0.3, 0.4) is 0 Å². The predicted molar refractivity (Wildman–Crippen MR) is 108 cm³/mol. The number of nitrogens with one attached hydrogen (secondary N) is 2. The molecule has 136 valence electrons. The molecule has 6 nitrogen and oxygen atoms in total. The van der Waals surface area contributed by atoms with Gasteiger partial charge in [-0.1, -0.05) is 13.3 Å². The van der Waals surface area contributed by atoms with Gasteiger partial charge in [0, 0.05) is 32.7 Å². The van der Waals surface area contributed by atoms with Crippen molar-refractivity contribution in [2.75, 3.05) is 52.9 Å². The van der Waals surface area contributed by atoms with Gasteiger partial charge in [0.1, 0.15) is 6.54 Å². The molecule has 1 aliphatic rings. The summed E-state index contributed by atoms with van der Waals surface area (Å²) in [5.74, 6) is 0.869. The zero-order chi connectivity index (χ0) is 16.2. The molecule has 1 amide bonds. The molecule has 0 atom stereocenters. The third kappa shape index (κ3) is 10.0. The van der Waals surface area contributed by atoms with Crippen LogP contribution in [0, 0.1) is 0 Å². The van der Waals surface area contributed by atoms with Crippen molar-refractivity contribution in [1.29, 1.82) is 0 Å². The molecule has 1 heterocycles. The lowest BCUT2D eigenvalue weighted by Crippen LogP contribution is -2.42. The summed E-state index contributed by atoms with van der Waals surface area (Å²) in [5.41, 5.74) is 0. The van der Waals surface area contributed by atoms with Crippen molar-refractivity contribution in [3.05, 3.63) is 0 Å². The summed E-state index contributed by atoms with van der Waals surface area (Å²) in [4.78, 5) is 20.6. The second kappa shape index (κ2) is 13.8. The van der Waals surface area contributed by atoms with E-state index in [1.807, 2.05) is 11.8 Å². The van der Waals surface area contributed by atoms with Gasteiger partial charge in [0.15, 0.2) is 5.96 Å². The minimum absolute atomic E-state index is 0. The van der Waals surface area contributed by atoms with E-state index in [1.54, 1.807) is 0 Å². The van der Waals surface area contributed by atoms with Crippen LogP contribution in [0.15, 0.2) is 4.99 Å². The normalized spacial score (nSPS) is 14.8. The third-order valence-corrected chi connectivity index (χ3v) is 3.85. The average Bonchev–Trinajstić information content (AvgIpc) is 3.04. The molecule has 0 aromatic heterocycles. The number of likely N-dealkylation sites (tertiary alicyclic amines) is 1. The number of amides is 1. The van der Waals surface area contributed by atoms with E-state index in [9.17, 15) is 4.79 Å². The monoisotopic (exact) mass is 439 g/mol. The lowest BCUT2D eigenvalue weighted by molar-refractivity contribution is -0.128. The van der Waals surface area contributed by atoms with E-state index >= 15 is 0 Å². The second-order valence-corrected chi connectivity index (χ2v) is 5.87. The Morgan fingerprint density at radius 1 is 1.17 bits per heavy atom. The number of unbranched alkanes of at least 4 members (excludes halogenated alkanes) is 1. The highest BCUT2D eigenvalue weighted by Gasteiger charge is 2.17. The number of hydrogen-bond donors (Lipinski definition) is 2. The Bertz CT molecular complexity index is 345. The number of carbonyl (C=O) groups excluding carboxylic acids is 1. The van der Waals surface area contributed by atoms with Crippen LogP contribution in [-0.4, -0.2) is 74.5 Å². The molecular formula is C16H34IN5O. The Labute approximate surface area is 158 Å². The molecule has 23 heavy (non-hydrogen) atoms. The number of nitrogens with zero attached hydrogens (tertiary/aromatic N) is 3. The number of carbonyl (C=O) groups is 1. The van der Waals surface area contributed by atoms with Crippen LogP contribution < -0.4 is 10.6 Å². The summed E-state index contributed by atoms with van der Waals surface area (Å²) in [7, 11) is 2.14. The summed E-state index contributed by atoms with van der Waals surface area (Å²) in [5, 5.41) is 6.50. The van der Waals surface area contributed by atoms with Crippen LogP contribution in [0.2, 0.25) is 0 Å². The fourth-order valence-electron chi connectivity index (χ4n) is 2.46. The van der Waals surface area contributed by atoms with Crippen molar-refractivity contribution in [3.63, 3.8) is 0 Å². The number of rotatable bonds is 9. The van der Waals surface area contributed by atoms with Crippen LogP contribution in [-0.2, 0) is 4.79 Å². The quantitative estimate of drug-likeness (QED) is 0.325. The van der Waals surface area contributed by atoms with Gasteiger partial charge in [0.2, 0.25) is 5.91 Å². The van der Waals surface area contributed by atoms with E-state index in [1.165, 1.54) is 12.8 Å². The number of guanidine groups is 1. The molecule has 2 N–H and O–H groups in total. The summed E-state index contributed by atoms with van der Waals surface area (Å²) >= 11 is 0. The Kier molecular flexibility index (Phi) is 13.5. The second-order valence-electron chi connectivity index (χ2n) is 5.87. The summed E-state index contributed by atoms with van der Waals surface area (Å²) in [6, 6.07) is 0. The van der Waals surface area contributed by atoms with Gasteiger partial charge >= 0.3 is 0 Å². The van der Waals surface area contributed by atoms with E-state index in [4.69, 9.17) is 0 Å². The highest BCUT2D eigenvalue weighted by Crippen LogP contribution is 2.07. The molecule has 0 radical (unpaired) electrons. The largest absolute Gasteiger partial charge is 0.357 e.